The summed E-state index contributed by atoms with van der Waals surface area (Å²) in [5, 5.41) is 4.01. The summed E-state index contributed by atoms with van der Waals surface area (Å²) in [7, 11) is 1.32. The van der Waals surface area contributed by atoms with Crippen LogP contribution >= 0.6 is 11.3 Å². The average molecular weight is 400 g/mol. The second kappa shape index (κ2) is 8.75. The first kappa shape index (κ1) is 19.7. The lowest BCUT2D eigenvalue weighted by Gasteiger charge is -2.09. The van der Waals surface area contributed by atoms with E-state index in [1.165, 1.54) is 18.4 Å². The van der Waals surface area contributed by atoms with E-state index in [1.807, 2.05) is 19.1 Å². The maximum Gasteiger partial charge on any atom is 0.348 e. The van der Waals surface area contributed by atoms with Crippen molar-refractivity contribution in [3.05, 3.63) is 46.4 Å². The molecule has 0 saturated carbocycles. The quantitative estimate of drug-likeness (QED) is 0.604. The third-order valence-electron chi connectivity index (χ3n) is 4.01. The molecule has 0 bridgehead atoms. The first-order valence-corrected chi connectivity index (χ1v) is 9.51. The normalized spacial score (nSPS) is 10.7. The number of hydrogen-bond donors (Lipinski definition) is 1. The zero-order chi connectivity index (χ0) is 20.1. The Morgan fingerprint density at radius 3 is 2.79 bits per heavy atom. The summed E-state index contributed by atoms with van der Waals surface area (Å²) >= 11 is 1.23. The molecule has 0 saturated heterocycles. The molecule has 0 amide bonds. The predicted octanol–water partition coefficient (Wildman–Crippen LogP) is 2.90. The number of aromatic nitrogens is 3. The lowest BCUT2D eigenvalue weighted by molar-refractivity contribution is -0.139. The molecule has 0 aromatic carbocycles. The van der Waals surface area contributed by atoms with Crippen LogP contribution in [0.4, 0.5) is 5.82 Å². The molecule has 8 nitrogen and oxygen atoms in total. The SMILES string of the molecule is CCOC(=O)c1sc2nc(CC(=O)OC)nc(NCc3cccnc3)c2c1C. The van der Waals surface area contributed by atoms with Gasteiger partial charge < -0.3 is 14.8 Å². The molecule has 0 fully saturated rings. The van der Waals surface area contributed by atoms with E-state index in [1.54, 1.807) is 19.3 Å². The fraction of sp³-hybridized carbons (Fsp3) is 0.316. The summed E-state index contributed by atoms with van der Waals surface area (Å²) in [6, 6.07) is 3.79. The molecule has 0 radical (unpaired) electrons. The second-order valence-electron chi connectivity index (χ2n) is 5.91. The summed E-state index contributed by atoms with van der Waals surface area (Å²) in [6.07, 6.45) is 3.40. The number of ether oxygens (including phenoxy) is 2. The Labute approximate surface area is 165 Å². The van der Waals surface area contributed by atoms with Crippen LogP contribution in [0.2, 0.25) is 0 Å². The van der Waals surface area contributed by atoms with Crippen molar-refractivity contribution in [2.24, 2.45) is 0 Å². The minimum absolute atomic E-state index is 0.0559. The van der Waals surface area contributed by atoms with Crippen molar-refractivity contribution < 1.29 is 19.1 Å². The van der Waals surface area contributed by atoms with Crippen LogP contribution in [0, 0.1) is 6.92 Å². The molecule has 1 N–H and O–H groups in total. The number of esters is 2. The number of nitrogens with zero attached hydrogens (tertiary/aromatic N) is 3. The zero-order valence-corrected chi connectivity index (χ0v) is 16.6. The van der Waals surface area contributed by atoms with Crippen LogP contribution in [0.15, 0.2) is 24.5 Å². The molecule has 0 unspecified atom stereocenters. The van der Waals surface area contributed by atoms with E-state index < -0.39 is 11.9 Å². The van der Waals surface area contributed by atoms with Gasteiger partial charge in [-0.3, -0.25) is 9.78 Å². The largest absolute Gasteiger partial charge is 0.469 e. The third-order valence-corrected chi connectivity index (χ3v) is 5.18. The summed E-state index contributed by atoms with van der Waals surface area (Å²) in [4.78, 5) is 38.1. The Balaban J connectivity index is 2.03. The Bertz CT molecular complexity index is 1000. The van der Waals surface area contributed by atoms with Crippen LogP contribution in [0.25, 0.3) is 10.2 Å². The summed E-state index contributed by atoms with van der Waals surface area (Å²) in [6.45, 7) is 4.37. The van der Waals surface area contributed by atoms with E-state index in [9.17, 15) is 9.59 Å². The second-order valence-corrected chi connectivity index (χ2v) is 6.91. The van der Waals surface area contributed by atoms with E-state index in [-0.39, 0.29) is 13.0 Å². The van der Waals surface area contributed by atoms with Crippen molar-refractivity contribution in [3.8, 4) is 0 Å². The van der Waals surface area contributed by atoms with Gasteiger partial charge in [0.15, 0.2) is 0 Å². The van der Waals surface area contributed by atoms with E-state index in [2.05, 4.69) is 20.3 Å². The van der Waals surface area contributed by atoms with Gasteiger partial charge in [0.2, 0.25) is 0 Å². The number of nitrogens with one attached hydrogen (secondary N) is 1. The highest BCUT2D eigenvalue weighted by molar-refractivity contribution is 7.20. The Kier molecular flexibility index (Phi) is 6.15. The molecule has 0 aliphatic rings. The minimum atomic E-state index is -0.434. The van der Waals surface area contributed by atoms with Crippen molar-refractivity contribution in [2.45, 2.75) is 26.8 Å². The predicted molar refractivity (Wildman–Crippen MR) is 105 cm³/mol. The number of carbonyl (C=O) groups excluding carboxylic acids is 2. The van der Waals surface area contributed by atoms with Crippen LogP contribution < -0.4 is 5.32 Å². The van der Waals surface area contributed by atoms with Crippen molar-refractivity contribution >= 4 is 39.3 Å². The van der Waals surface area contributed by atoms with Crippen LogP contribution in [0.3, 0.4) is 0 Å². The number of hydrogen-bond acceptors (Lipinski definition) is 9. The lowest BCUT2D eigenvalue weighted by Crippen LogP contribution is -2.10. The number of carbonyl (C=O) groups is 2. The Morgan fingerprint density at radius 1 is 1.29 bits per heavy atom. The zero-order valence-electron chi connectivity index (χ0n) is 15.8. The first-order chi connectivity index (χ1) is 13.5. The Hall–Kier alpha value is -3.07. The van der Waals surface area contributed by atoms with Gasteiger partial charge in [0.05, 0.1) is 19.1 Å². The number of fused-ring (bicyclic) bond motifs is 1. The van der Waals surface area contributed by atoms with Crippen molar-refractivity contribution in [1.29, 1.82) is 0 Å². The van der Waals surface area contributed by atoms with Gasteiger partial charge >= 0.3 is 11.9 Å². The molecule has 3 rings (SSSR count). The number of thiophene rings is 1. The molecule has 3 aromatic heterocycles. The van der Waals surface area contributed by atoms with Gasteiger partial charge in [-0.1, -0.05) is 6.07 Å². The van der Waals surface area contributed by atoms with Crippen molar-refractivity contribution in [2.75, 3.05) is 19.0 Å². The van der Waals surface area contributed by atoms with Gasteiger partial charge in [0, 0.05) is 18.9 Å². The highest BCUT2D eigenvalue weighted by Gasteiger charge is 2.22. The minimum Gasteiger partial charge on any atom is -0.469 e. The van der Waals surface area contributed by atoms with E-state index in [0.717, 1.165) is 16.5 Å². The molecule has 9 heteroatoms. The third kappa shape index (κ3) is 4.25. The number of aryl methyl sites for hydroxylation is 1. The summed E-state index contributed by atoms with van der Waals surface area (Å²) < 4.78 is 9.86. The van der Waals surface area contributed by atoms with Crippen LogP contribution in [0.1, 0.15) is 33.5 Å². The molecule has 0 atom stereocenters. The summed E-state index contributed by atoms with van der Waals surface area (Å²) in [5.41, 5.74) is 1.72. The molecule has 146 valence electrons. The molecule has 0 spiro atoms. The van der Waals surface area contributed by atoms with Gasteiger partial charge in [-0.05, 0) is 31.0 Å². The molecule has 3 heterocycles. The smallest absolute Gasteiger partial charge is 0.348 e. The lowest BCUT2D eigenvalue weighted by atomic mass is 10.2. The monoisotopic (exact) mass is 400 g/mol. The van der Waals surface area contributed by atoms with Crippen molar-refractivity contribution in [3.63, 3.8) is 0 Å². The average Bonchev–Trinajstić information content (AvgIpc) is 3.03. The van der Waals surface area contributed by atoms with Crippen LogP contribution in [0.5, 0.6) is 0 Å². The molecule has 28 heavy (non-hydrogen) atoms. The van der Waals surface area contributed by atoms with E-state index >= 15 is 0 Å². The number of anilines is 1. The number of methoxy groups -OCH3 is 1. The van der Waals surface area contributed by atoms with E-state index in [0.29, 0.717) is 27.9 Å². The summed E-state index contributed by atoms with van der Waals surface area (Å²) in [5.74, 6) is 0.0499. The maximum atomic E-state index is 12.3. The first-order valence-electron chi connectivity index (χ1n) is 8.70. The number of pyridine rings is 1. The maximum absolute atomic E-state index is 12.3. The standard InChI is InChI=1S/C19H20N4O4S/c1-4-27-19(25)16-11(2)15-17(21-10-12-6-5-7-20-9-12)22-13(8-14(24)26-3)23-18(15)28-16/h5-7,9H,4,8,10H2,1-3H3,(H,21,22,23). The van der Waals surface area contributed by atoms with Gasteiger partial charge in [0.25, 0.3) is 0 Å². The highest BCUT2D eigenvalue weighted by Crippen LogP contribution is 2.34. The van der Waals surface area contributed by atoms with Crippen molar-refractivity contribution in [1.82, 2.24) is 15.0 Å². The number of rotatable bonds is 7. The van der Waals surface area contributed by atoms with Gasteiger partial charge in [-0.2, -0.15) is 0 Å². The van der Waals surface area contributed by atoms with Crippen LogP contribution in [-0.2, 0) is 27.2 Å². The molecular formula is C19H20N4O4S. The van der Waals surface area contributed by atoms with Crippen LogP contribution in [-0.4, -0.2) is 40.6 Å². The van der Waals surface area contributed by atoms with Gasteiger partial charge in [0.1, 0.15) is 27.8 Å². The van der Waals surface area contributed by atoms with Gasteiger partial charge in [-0.15, -0.1) is 11.3 Å². The van der Waals surface area contributed by atoms with E-state index in [4.69, 9.17) is 9.47 Å². The topological polar surface area (TPSA) is 103 Å². The molecule has 3 aromatic rings. The molecule has 0 aliphatic heterocycles. The fourth-order valence-electron chi connectivity index (χ4n) is 2.67. The Morgan fingerprint density at radius 2 is 2.11 bits per heavy atom. The fourth-order valence-corrected chi connectivity index (χ4v) is 3.76. The van der Waals surface area contributed by atoms with Gasteiger partial charge in [-0.25, -0.2) is 14.8 Å². The molecule has 0 aliphatic carbocycles. The highest BCUT2D eigenvalue weighted by atomic mass is 32.1. The molecular weight excluding hydrogens is 380 g/mol.